The summed E-state index contributed by atoms with van der Waals surface area (Å²) in [5.74, 6) is 0.498. The van der Waals surface area contributed by atoms with E-state index in [9.17, 15) is 13.2 Å². The fourth-order valence-electron chi connectivity index (χ4n) is 0.796. The van der Waals surface area contributed by atoms with E-state index in [1.54, 1.807) is 0 Å². The quantitative estimate of drug-likeness (QED) is 0.495. The number of aromatic nitrogens is 2. The number of rotatable bonds is 4. The summed E-state index contributed by atoms with van der Waals surface area (Å²) in [4.78, 5) is 7.06. The molecule has 0 aromatic carbocycles. The van der Waals surface area contributed by atoms with Crippen molar-refractivity contribution in [2.75, 3.05) is 12.4 Å². The first-order valence-corrected chi connectivity index (χ1v) is 5.16. The van der Waals surface area contributed by atoms with E-state index in [1.165, 1.54) is 0 Å². The summed E-state index contributed by atoms with van der Waals surface area (Å²) in [5.41, 5.74) is -0.941. The Bertz CT molecular complexity index is 319. The average Bonchev–Trinajstić information content (AvgIpc) is 2.17. The van der Waals surface area contributed by atoms with Crippen LogP contribution in [0.2, 0.25) is 0 Å². The van der Waals surface area contributed by atoms with Crippen LogP contribution in [0, 0.1) is 0 Å². The molecule has 0 bridgehead atoms. The SMILES string of the molecule is OCCCSc1nccc(C(F)(F)F)n1. The van der Waals surface area contributed by atoms with Gasteiger partial charge in [0.2, 0.25) is 0 Å². The summed E-state index contributed by atoms with van der Waals surface area (Å²) in [6.07, 6.45) is -2.85. The molecule has 0 radical (unpaired) electrons. The Morgan fingerprint density at radius 2 is 2.13 bits per heavy atom. The first-order chi connectivity index (χ1) is 7.04. The van der Waals surface area contributed by atoms with Crippen LogP contribution in [0.25, 0.3) is 0 Å². The summed E-state index contributed by atoms with van der Waals surface area (Å²) in [7, 11) is 0. The Morgan fingerprint density at radius 3 is 2.73 bits per heavy atom. The lowest BCUT2D eigenvalue weighted by Crippen LogP contribution is -2.08. The molecular weight excluding hydrogens is 229 g/mol. The van der Waals surface area contributed by atoms with Crippen molar-refractivity contribution in [3.63, 3.8) is 0 Å². The summed E-state index contributed by atoms with van der Waals surface area (Å²) in [5, 5.41) is 8.58. The second-order valence-electron chi connectivity index (χ2n) is 2.65. The van der Waals surface area contributed by atoms with E-state index in [1.807, 2.05) is 0 Å². The lowest BCUT2D eigenvalue weighted by Gasteiger charge is -2.06. The molecule has 0 spiro atoms. The minimum absolute atomic E-state index is 0.00591. The molecule has 1 rings (SSSR count). The number of thioether (sulfide) groups is 1. The van der Waals surface area contributed by atoms with Crippen LogP contribution >= 0.6 is 11.8 Å². The van der Waals surface area contributed by atoms with Gasteiger partial charge >= 0.3 is 6.18 Å². The smallest absolute Gasteiger partial charge is 0.396 e. The molecular formula is C8H9F3N2OS. The third-order valence-electron chi connectivity index (χ3n) is 1.46. The highest BCUT2D eigenvalue weighted by Gasteiger charge is 2.32. The van der Waals surface area contributed by atoms with Gasteiger partial charge in [-0.2, -0.15) is 13.2 Å². The van der Waals surface area contributed by atoms with Gasteiger partial charge in [0, 0.05) is 18.6 Å². The van der Waals surface area contributed by atoms with Gasteiger partial charge in [-0.3, -0.25) is 0 Å². The molecule has 15 heavy (non-hydrogen) atoms. The number of hydrogen-bond acceptors (Lipinski definition) is 4. The predicted molar refractivity (Wildman–Crippen MR) is 49.5 cm³/mol. The van der Waals surface area contributed by atoms with E-state index in [4.69, 9.17) is 5.11 Å². The zero-order valence-electron chi connectivity index (χ0n) is 7.66. The summed E-state index contributed by atoms with van der Waals surface area (Å²) in [6, 6.07) is 0.829. The molecule has 0 aliphatic carbocycles. The highest BCUT2D eigenvalue weighted by molar-refractivity contribution is 7.99. The van der Waals surface area contributed by atoms with Gasteiger partial charge in [-0.05, 0) is 12.5 Å². The van der Waals surface area contributed by atoms with Gasteiger partial charge in [0.1, 0.15) is 5.69 Å². The minimum atomic E-state index is -4.44. The number of nitrogens with zero attached hydrogens (tertiary/aromatic N) is 2. The molecule has 84 valence electrons. The second-order valence-corrected chi connectivity index (χ2v) is 3.71. The molecule has 3 nitrogen and oxygen atoms in total. The van der Waals surface area contributed by atoms with Gasteiger partial charge in [-0.15, -0.1) is 0 Å². The zero-order valence-corrected chi connectivity index (χ0v) is 8.48. The molecule has 1 aromatic rings. The Labute approximate surface area is 88.7 Å². The average molecular weight is 238 g/mol. The van der Waals surface area contributed by atoms with E-state index in [2.05, 4.69) is 9.97 Å². The molecule has 0 aliphatic heterocycles. The Hall–Kier alpha value is -0.820. The predicted octanol–water partition coefficient (Wildman–Crippen LogP) is 1.97. The molecule has 1 aromatic heterocycles. The van der Waals surface area contributed by atoms with Gasteiger partial charge in [0.05, 0.1) is 0 Å². The van der Waals surface area contributed by atoms with Crippen LogP contribution in [0.3, 0.4) is 0 Å². The molecule has 1 heterocycles. The van der Waals surface area contributed by atoms with Crippen LogP contribution in [0.1, 0.15) is 12.1 Å². The van der Waals surface area contributed by atoms with E-state index in [0.29, 0.717) is 12.2 Å². The summed E-state index contributed by atoms with van der Waals surface area (Å²) in [6.45, 7) is 0.00591. The molecule has 0 aliphatic rings. The van der Waals surface area contributed by atoms with Gasteiger partial charge in [-0.1, -0.05) is 11.8 Å². The molecule has 7 heteroatoms. The fraction of sp³-hybridized carbons (Fsp3) is 0.500. The van der Waals surface area contributed by atoms with Crippen molar-refractivity contribution in [2.24, 2.45) is 0 Å². The molecule has 0 saturated carbocycles. The lowest BCUT2D eigenvalue weighted by atomic mass is 10.4. The van der Waals surface area contributed by atoms with Crippen molar-refractivity contribution in [3.8, 4) is 0 Å². The van der Waals surface area contributed by atoms with Gasteiger partial charge in [-0.25, -0.2) is 9.97 Å². The Balaban J connectivity index is 2.66. The van der Waals surface area contributed by atoms with Gasteiger partial charge in [0.15, 0.2) is 5.16 Å². The maximum absolute atomic E-state index is 12.2. The van der Waals surface area contributed by atoms with E-state index in [-0.39, 0.29) is 11.8 Å². The number of alkyl halides is 3. The van der Waals surface area contributed by atoms with Crippen molar-refractivity contribution in [3.05, 3.63) is 18.0 Å². The Kier molecular flexibility index (Phi) is 4.34. The molecule has 0 atom stereocenters. The van der Waals surface area contributed by atoms with Crippen LogP contribution in [0.15, 0.2) is 17.4 Å². The third kappa shape index (κ3) is 4.05. The van der Waals surface area contributed by atoms with Crippen molar-refractivity contribution < 1.29 is 18.3 Å². The van der Waals surface area contributed by atoms with Crippen LogP contribution in [-0.2, 0) is 6.18 Å². The highest BCUT2D eigenvalue weighted by atomic mass is 32.2. The lowest BCUT2D eigenvalue weighted by molar-refractivity contribution is -0.141. The molecule has 0 unspecified atom stereocenters. The largest absolute Gasteiger partial charge is 0.433 e. The first kappa shape index (κ1) is 12.3. The van der Waals surface area contributed by atoms with Crippen molar-refractivity contribution >= 4 is 11.8 Å². The normalized spacial score (nSPS) is 11.7. The van der Waals surface area contributed by atoms with Crippen LogP contribution < -0.4 is 0 Å². The maximum Gasteiger partial charge on any atom is 0.433 e. The zero-order chi connectivity index (χ0) is 11.3. The monoisotopic (exact) mass is 238 g/mol. The Morgan fingerprint density at radius 1 is 1.40 bits per heavy atom. The second kappa shape index (κ2) is 5.32. The van der Waals surface area contributed by atoms with E-state index in [0.717, 1.165) is 24.0 Å². The number of hydrogen-bond donors (Lipinski definition) is 1. The number of aliphatic hydroxyl groups excluding tert-OH is 1. The van der Waals surface area contributed by atoms with E-state index >= 15 is 0 Å². The van der Waals surface area contributed by atoms with Crippen molar-refractivity contribution in [2.45, 2.75) is 17.8 Å². The topological polar surface area (TPSA) is 46.0 Å². The van der Waals surface area contributed by atoms with Gasteiger partial charge < -0.3 is 5.11 Å². The van der Waals surface area contributed by atoms with E-state index < -0.39 is 11.9 Å². The highest BCUT2D eigenvalue weighted by Crippen LogP contribution is 2.28. The standard InChI is InChI=1S/C8H9F3N2OS/c9-8(10,11)6-2-3-12-7(13-6)15-5-1-4-14/h2-3,14H,1,4-5H2. The number of halogens is 3. The summed E-state index contributed by atoms with van der Waals surface area (Å²) >= 11 is 1.09. The summed E-state index contributed by atoms with van der Waals surface area (Å²) < 4.78 is 36.7. The van der Waals surface area contributed by atoms with Crippen LogP contribution in [0.5, 0.6) is 0 Å². The van der Waals surface area contributed by atoms with Crippen LogP contribution in [0.4, 0.5) is 13.2 Å². The first-order valence-electron chi connectivity index (χ1n) is 4.18. The minimum Gasteiger partial charge on any atom is -0.396 e. The van der Waals surface area contributed by atoms with Crippen LogP contribution in [-0.4, -0.2) is 27.4 Å². The molecule has 1 N–H and O–H groups in total. The van der Waals surface area contributed by atoms with Crippen molar-refractivity contribution in [1.29, 1.82) is 0 Å². The molecule has 0 saturated heterocycles. The third-order valence-corrected chi connectivity index (χ3v) is 2.41. The van der Waals surface area contributed by atoms with Crippen molar-refractivity contribution in [1.82, 2.24) is 9.97 Å². The fourth-order valence-corrected chi connectivity index (χ4v) is 1.55. The molecule has 0 amide bonds. The molecule has 0 fully saturated rings. The number of aliphatic hydroxyl groups is 1. The maximum atomic E-state index is 12.2. The van der Waals surface area contributed by atoms with Gasteiger partial charge in [0.25, 0.3) is 0 Å².